The van der Waals surface area contributed by atoms with Gasteiger partial charge in [-0.3, -0.25) is 4.99 Å². The van der Waals surface area contributed by atoms with Crippen LogP contribution in [-0.4, -0.2) is 56.7 Å². The van der Waals surface area contributed by atoms with Gasteiger partial charge >= 0.3 is 0 Å². The maximum atomic E-state index is 11.5. The van der Waals surface area contributed by atoms with E-state index in [1.54, 1.807) is 0 Å². The van der Waals surface area contributed by atoms with Crippen LogP contribution in [-0.2, 0) is 14.6 Å². The summed E-state index contributed by atoms with van der Waals surface area (Å²) in [5, 5.41) is 6.83. The first-order chi connectivity index (χ1) is 10.4. The highest BCUT2D eigenvalue weighted by atomic mass is 127. The maximum absolute atomic E-state index is 11.5. The number of hydrogen-bond acceptors (Lipinski definition) is 4. The van der Waals surface area contributed by atoms with Crippen LogP contribution in [0.2, 0.25) is 0 Å². The number of aliphatic imine (C=N–C) groups is 1. The molecule has 0 aliphatic carbocycles. The van der Waals surface area contributed by atoms with E-state index < -0.39 is 9.84 Å². The molecule has 3 rings (SSSR count). The van der Waals surface area contributed by atoms with Gasteiger partial charge in [0.2, 0.25) is 0 Å². The SMILES string of the molecule is CC(C)NC(=NCC1CCS(=O)(=O)C1)NC1CC2CCC1O2.I. The lowest BCUT2D eigenvalue weighted by atomic mass is 9.96. The molecule has 0 spiro atoms. The molecule has 3 saturated heterocycles. The molecule has 3 aliphatic heterocycles. The van der Waals surface area contributed by atoms with Crippen molar-refractivity contribution >= 4 is 39.8 Å². The Labute approximate surface area is 156 Å². The van der Waals surface area contributed by atoms with E-state index in [1.807, 2.05) is 0 Å². The first-order valence-corrected chi connectivity index (χ1v) is 10.2. The minimum absolute atomic E-state index is 0. The molecule has 6 nitrogen and oxygen atoms in total. The van der Waals surface area contributed by atoms with Gasteiger partial charge in [0.15, 0.2) is 15.8 Å². The van der Waals surface area contributed by atoms with Gasteiger partial charge in [-0.25, -0.2) is 8.42 Å². The summed E-state index contributed by atoms with van der Waals surface area (Å²) in [6.07, 6.45) is 4.78. The van der Waals surface area contributed by atoms with Crippen LogP contribution >= 0.6 is 24.0 Å². The largest absolute Gasteiger partial charge is 0.373 e. The van der Waals surface area contributed by atoms with Crippen molar-refractivity contribution in [2.24, 2.45) is 10.9 Å². The molecule has 0 aromatic rings. The lowest BCUT2D eigenvalue weighted by molar-refractivity contribution is 0.0992. The molecule has 3 fully saturated rings. The van der Waals surface area contributed by atoms with Crippen LogP contribution in [0.5, 0.6) is 0 Å². The number of nitrogens with one attached hydrogen (secondary N) is 2. The summed E-state index contributed by atoms with van der Waals surface area (Å²) in [6.45, 7) is 4.73. The Morgan fingerprint density at radius 1 is 1.30 bits per heavy atom. The van der Waals surface area contributed by atoms with Crippen molar-refractivity contribution < 1.29 is 13.2 Å². The van der Waals surface area contributed by atoms with Crippen LogP contribution in [0.25, 0.3) is 0 Å². The van der Waals surface area contributed by atoms with E-state index in [0.29, 0.717) is 30.5 Å². The normalized spacial score (nSPS) is 35.3. The number of ether oxygens (including phenoxy) is 1. The molecule has 3 heterocycles. The number of sulfone groups is 1. The van der Waals surface area contributed by atoms with E-state index in [1.165, 1.54) is 6.42 Å². The maximum Gasteiger partial charge on any atom is 0.191 e. The predicted octanol–water partition coefficient (Wildman–Crippen LogP) is 1.30. The van der Waals surface area contributed by atoms with Gasteiger partial charge < -0.3 is 15.4 Å². The van der Waals surface area contributed by atoms with Gasteiger partial charge in [0, 0.05) is 12.6 Å². The smallest absolute Gasteiger partial charge is 0.191 e. The third-order valence-electron chi connectivity index (χ3n) is 4.69. The second-order valence-corrected chi connectivity index (χ2v) is 9.35. The number of hydrogen-bond donors (Lipinski definition) is 2. The van der Waals surface area contributed by atoms with E-state index in [0.717, 1.165) is 25.2 Å². The Hall–Kier alpha value is -0.0900. The third-order valence-corrected chi connectivity index (χ3v) is 6.52. The summed E-state index contributed by atoms with van der Waals surface area (Å²) < 4.78 is 28.9. The molecule has 0 amide bonds. The van der Waals surface area contributed by atoms with Crippen LogP contribution < -0.4 is 10.6 Å². The number of fused-ring (bicyclic) bond motifs is 2. The third kappa shape index (κ3) is 5.19. The van der Waals surface area contributed by atoms with Crippen LogP contribution in [0.1, 0.15) is 39.5 Å². The van der Waals surface area contributed by atoms with Crippen LogP contribution in [0.3, 0.4) is 0 Å². The predicted molar refractivity (Wildman–Crippen MR) is 102 cm³/mol. The summed E-state index contributed by atoms with van der Waals surface area (Å²) in [5.41, 5.74) is 0. The second-order valence-electron chi connectivity index (χ2n) is 7.12. The van der Waals surface area contributed by atoms with Gasteiger partial charge in [0.25, 0.3) is 0 Å². The Balaban J connectivity index is 0.00000192. The highest BCUT2D eigenvalue weighted by Crippen LogP contribution is 2.34. The molecule has 0 aromatic heterocycles. The molecule has 3 aliphatic rings. The van der Waals surface area contributed by atoms with Gasteiger partial charge in [-0.15, -0.1) is 24.0 Å². The van der Waals surface area contributed by atoms with Gasteiger partial charge in [-0.05, 0) is 45.4 Å². The highest BCUT2D eigenvalue weighted by molar-refractivity contribution is 14.0. The second kappa shape index (κ2) is 7.86. The molecule has 0 saturated carbocycles. The fourth-order valence-electron chi connectivity index (χ4n) is 3.61. The monoisotopic (exact) mass is 457 g/mol. The number of rotatable bonds is 4. The number of guanidine groups is 1. The molecule has 4 atom stereocenters. The topological polar surface area (TPSA) is 79.8 Å². The molecule has 8 heteroatoms. The van der Waals surface area contributed by atoms with Crippen molar-refractivity contribution in [1.82, 2.24) is 10.6 Å². The molecule has 0 aromatic carbocycles. The molecule has 2 N–H and O–H groups in total. The average molecular weight is 457 g/mol. The quantitative estimate of drug-likeness (QED) is 0.378. The van der Waals surface area contributed by atoms with E-state index in [4.69, 9.17) is 4.74 Å². The van der Waals surface area contributed by atoms with E-state index in [2.05, 4.69) is 29.5 Å². The molecule has 23 heavy (non-hydrogen) atoms. The average Bonchev–Trinajstić information content (AvgIpc) is 3.10. The van der Waals surface area contributed by atoms with Crippen molar-refractivity contribution in [2.75, 3.05) is 18.1 Å². The van der Waals surface area contributed by atoms with E-state index in [-0.39, 0.29) is 41.7 Å². The lowest BCUT2D eigenvalue weighted by Gasteiger charge is -2.24. The van der Waals surface area contributed by atoms with Crippen molar-refractivity contribution in [3.8, 4) is 0 Å². The molecule has 134 valence electrons. The van der Waals surface area contributed by atoms with Crippen molar-refractivity contribution in [3.05, 3.63) is 0 Å². The zero-order valence-electron chi connectivity index (χ0n) is 13.8. The Morgan fingerprint density at radius 3 is 2.61 bits per heavy atom. The Morgan fingerprint density at radius 2 is 2.09 bits per heavy atom. The van der Waals surface area contributed by atoms with Crippen LogP contribution in [0, 0.1) is 5.92 Å². The van der Waals surface area contributed by atoms with Crippen LogP contribution in [0.4, 0.5) is 0 Å². The van der Waals surface area contributed by atoms with Crippen LogP contribution in [0.15, 0.2) is 4.99 Å². The lowest BCUT2D eigenvalue weighted by Crippen LogP contribution is -2.49. The standard InChI is InChI=1S/C15H27N3O3S.HI/c1-10(2)17-15(16-8-11-5-6-22(19,20)9-11)18-13-7-12-3-4-14(13)21-12;/h10-14H,3-9H2,1-2H3,(H2,16,17,18);1H. The van der Waals surface area contributed by atoms with Crippen molar-refractivity contribution in [3.63, 3.8) is 0 Å². The van der Waals surface area contributed by atoms with E-state index in [9.17, 15) is 8.42 Å². The Kier molecular flexibility index (Phi) is 6.57. The van der Waals surface area contributed by atoms with Gasteiger partial charge in [-0.1, -0.05) is 0 Å². The Bertz CT molecular complexity index is 538. The minimum atomic E-state index is -2.83. The van der Waals surface area contributed by atoms with Crippen molar-refractivity contribution in [2.45, 2.75) is 63.8 Å². The molecule has 0 radical (unpaired) electrons. The van der Waals surface area contributed by atoms with Gasteiger partial charge in [0.05, 0.1) is 29.8 Å². The first kappa shape index (κ1) is 19.2. The zero-order chi connectivity index (χ0) is 15.7. The summed E-state index contributed by atoms with van der Waals surface area (Å²) in [4.78, 5) is 4.63. The molecular weight excluding hydrogens is 429 g/mol. The zero-order valence-corrected chi connectivity index (χ0v) is 17.0. The fourth-order valence-corrected chi connectivity index (χ4v) is 5.46. The molecule has 2 bridgehead atoms. The van der Waals surface area contributed by atoms with Gasteiger partial charge in [-0.2, -0.15) is 0 Å². The van der Waals surface area contributed by atoms with Crippen molar-refractivity contribution in [1.29, 1.82) is 0 Å². The molecular formula is C15H28IN3O3S. The summed E-state index contributed by atoms with van der Waals surface area (Å²) in [5.74, 6) is 1.55. The van der Waals surface area contributed by atoms with Gasteiger partial charge in [0.1, 0.15) is 0 Å². The number of halogens is 1. The first-order valence-electron chi connectivity index (χ1n) is 8.35. The summed E-state index contributed by atoms with van der Waals surface area (Å²) in [6, 6.07) is 0.620. The number of nitrogens with zero attached hydrogens (tertiary/aromatic N) is 1. The fraction of sp³-hybridized carbons (Fsp3) is 0.933. The summed E-state index contributed by atoms with van der Waals surface area (Å²) >= 11 is 0. The summed E-state index contributed by atoms with van der Waals surface area (Å²) in [7, 11) is -2.83. The molecule has 4 unspecified atom stereocenters. The van der Waals surface area contributed by atoms with E-state index >= 15 is 0 Å². The minimum Gasteiger partial charge on any atom is -0.373 e. The highest BCUT2D eigenvalue weighted by Gasteiger charge is 2.41.